The zero-order chi connectivity index (χ0) is 13.3. The topological polar surface area (TPSA) is 43.4 Å². The molecular formula is C10H6Cl2FO3PS. The minimum atomic E-state index is -4.13. The lowest BCUT2D eigenvalue weighted by atomic mass is 10.2. The molecule has 3 nitrogen and oxygen atoms in total. The Balaban J connectivity index is 2.21. The van der Waals surface area contributed by atoms with E-state index >= 15 is 0 Å². The fourth-order valence-electron chi connectivity index (χ4n) is 1.29. The van der Waals surface area contributed by atoms with Crippen LogP contribution in [-0.2, 0) is 9.30 Å². The first-order valence-corrected chi connectivity index (χ1v) is 9.11. The van der Waals surface area contributed by atoms with Gasteiger partial charge in [-0.3, -0.25) is 4.57 Å². The van der Waals surface area contributed by atoms with E-state index in [1.54, 1.807) is 6.07 Å². The van der Waals surface area contributed by atoms with E-state index in [1.165, 1.54) is 0 Å². The Morgan fingerprint density at radius 1 is 1.39 bits per heavy atom. The van der Waals surface area contributed by atoms with Crippen LogP contribution in [0.4, 0.5) is 4.39 Å². The predicted molar refractivity (Wildman–Crippen MR) is 71.4 cm³/mol. The Hall–Kier alpha value is -0.610. The van der Waals surface area contributed by atoms with E-state index in [4.69, 9.17) is 22.5 Å². The van der Waals surface area contributed by atoms with Crippen molar-refractivity contribution in [1.82, 2.24) is 0 Å². The Morgan fingerprint density at radius 2 is 2.06 bits per heavy atom. The van der Waals surface area contributed by atoms with E-state index in [-0.39, 0.29) is 4.88 Å². The van der Waals surface area contributed by atoms with Gasteiger partial charge in [0, 0.05) is 4.70 Å². The Morgan fingerprint density at radius 3 is 2.67 bits per heavy atom. The highest BCUT2D eigenvalue weighted by Crippen LogP contribution is 2.61. The zero-order valence-corrected chi connectivity index (χ0v) is 11.9. The molecule has 18 heavy (non-hydrogen) atoms. The summed E-state index contributed by atoms with van der Waals surface area (Å²) >= 11 is 11.3. The van der Waals surface area contributed by atoms with Gasteiger partial charge in [0.05, 0.1) is 0 Å². The van der Waals surface area contributed by atoms with Gasteiger partial charge in [0.25, 0.3) is 0 Å². The number of halogens is 3. The van der Waals surface area contributed by atoms with Crippen molar-refractivity contribution in [3.63, 3.8) is 0 Å². The molecule has 2 aromatic rings. The first-order valence-electron chi connectivity index (χ1n) is 4.70. The van der Waals surface area contributed by atoms with Crippen LogP contribution in [-0.4, -0.2) is 12.1 Å². The van der Waals surface area contributed by atoms with Crippen molar-refractivity contribution in [3.05, 3.63) is 35.2 Å². The average Bonchev–Trinajstić information content (AvgIpc) is 2.71. The van der Waals surface area contributed by atoms with Gasteiger partial charge >= 0.3 is 17.9 Å². The summed E-state index contributed by atoms with van der Waals surface area (Å²) in [5.74, 6) is -5.07. The maximum absolute atomic E-state index is 13.1. The molecule has 1 aromatic carbocycles. The molecule has 8 heteroatoms. The molecule has 1 aromatic heterocycles. The fourth-order valence-corrected chi connectivity index (χ4v) is 2.69. The highest BCUT2D eigenvalue weighted by molar-refractivity contribution is 8.08. The van der Waals surface area contributed by atoms with Crippen LogP contribution in [0.3, 0.4) is 0 Å². The molecule has 0 spiro atoms. The first-order chi connectivity index (χ1) is 8.38. The van der Waals surface area contributed by atoms with Crippen molar-refractivity contribution < 1.29 is 18.5 Å². The van der Waals surface area contributed by atoms with E-state index in [2.05, 4.69) is 4.74 Å². The minimum absolute atomic E-state index is 0.195. The van der Waals surface area contributed by atoms with Gasteiger partial charge in [-0.05, 0) is 40.0 Å². The van der Waals surface area contributed by atoms with Gasteiger partial charge in [-0.25, -0.2) is 4.79 Å². The van der Waals surface area contributed by atoms with Gasteiger partial charge in [0.1, 0.15) is 4.88 Å². The predicted octanol–water partition coefficient (Wildman–Crippen LogP) is 4.98. The summed E-state index contributed by atoms with van der Waals surface area (Å²) < 4.78 is 29.2. The molecule has 2 rings (SSSR count). The number of hydrogen-bond acceptors (Lipinski definition) is 4. The number of benzene rings is 1. The third-order valence-electron chi connectivity index (χ3n) is 2.07. The lowest BCUT2D eigenvalue weighted by Crippen LogP contribution is -2.10. The van der Waals surface area contributed by atoms with Crippen molar-refractivity contribution >= 4 is 55.7 Å². The highest BCUT2D eigenvalue weighted by Gasteiger charge is 2.32. The molecule has 1 unspecified atom stereocenters. The van der Waals surface area contributed by atoms with Crippen molar-refractivity contribution in [2.24, 2.45) is 0 Å². The summed E-state index contributed by atoms with van der Waals surface area (Å²) in [4.78, 5) is 11.8. The number of ether oxygens (including phenoxy) is 1. The zero-order valence-electron chi connectivity index (χ0n) is 8.68. The monoisotopic (exact) mass is 326 g/mol. The van der Waals surface area contributed by atoms with Crippen LogP contribution in [0.5, 0.6) is 0 Å². The lowest BCUT2D eigenvalue weighted by Gasteiger charge is -2.08. The molecule has 0 saturated carbocycles. The largest absolute Gasteiger partial charge is 0.417 e. The van der Waals surface area contributed by atoms with Gasteiger partial charge in [0.2, 0.25) is 0 Å². The summed E-state index contributed by atoms with van der Waals surface area (Å²) in [5.41, 5.74) is 0. The van der Waals surface area contributed by atoms with Gasteiger partial charge < -0.3 is 4.74 Å². The van der Waals surface area contributed by atoms with E-state index in [0.717, 1.165) is 21.4 Å². The van der Waals surface area contributed by atoms with E-state index in [0.29, 0.717) is 0 Å². The van der Waals surface area contributed by atoms with Crippen molar-refractivity contribution in [1.29, 1.82) is 0 Å². The molecule has 0 amide bonds. The lowest BCUT2D eigenvalue weighted by molar-refractivity contribution is 0.0191. The van der Waals surface area contributed by atoms with Crippen LogP contribution in [0.25, 0.3) is 10.1 Å². The first kappa shape index (κ1) is 13.8. The molecule has 0 aliphatic carbocycles. The number of thiophene rings is 1. The molecule has 1 atom stereocenters. The van der Waals surface area contributed by atoms with Crippen LogP contribution in [0.1, 0.15) is 9.67 Å². The SMILES string of the molecule is O=C(OC(F)P(=O)(Cl)Cl)c1cc2ccccc2s1. The van der Waals surface area contributed by atoms with Crippen LogP contribution < -0.4 is 0 Å². The summed E-state index contributed by atoms with van der Waals surface area (Å²) in [6.07, 6.45) is -2.52. The van der Waals surface area contributed by atoms with Gasteiger partial charge in [-0.15, -0.1) is 11.3 Å². The molecule has 0 fully saturated rings. The third kappa shape index (κ3) is 3.04. The third-order valence-corrected chi connectivity index (χ3v) is 4.66. The normalized spacial score (nSPS) is 13.5. The second kappa shape index (κ2) is 5.17. The minimum Gasteiger partial charge on any atom is -0.417 e. The molecule has 0 N–H and O–H groups in total. The van der Waals surface area contributed by atoms with Crippen molar-refractivity contribution in [3.8, 4) is 0 Å². The maximum atomic E-state index is 13.1. The number of carbonyl (C=O) groups is 1. The Labute approximate surface area is 115 Å². The van der Waals surface area contributed by atoms with E-state index in [9.17, 15) is 13.8 Å². The number of fused-ring (bicyclic) bond motifs is 1. The summed E-state index contributed by atoms with van der Waals surface area (Å²) in [6.45, 7) is 0. The quantitative estimate of drug-likeness (QED) is 0.590. The molecule has 0 radical (unpaired) electrons. The van der Waals surface area contributed by atoms with Crippen molar-refractivity contribution in [2.45, 2.75) is 6.10 Å². The number of hydrogen-bond donors (Lipinski definition) is 0. The average molecular weight is 327 g/mol. The second-order valence-electron chi connectivity index (χ2n) is 3.35. The highest BCUT2D eigenvalue weighted by atomic mass is 35.9. The molecule has 0 bridgehead atoms. The molecule has 0 aliphatic rings. The van der Waals surface area contributed by atoms with Crippen LogP contribution in [0, 0.1) is 0 Å². The number of alkyl halides is 1. The van der Waals surface area contributed by atoms with Crippen LogP contribution in [0.2, 0.25) is 0 Å². The summed E-state index contributed by atoms with van der Waals surface area (Å²) in [5, 5.41) is 0.838. The van der Waals surface area contributed by atoms with Crippen LogP contribution >= 0.6 is 39.7 Å². The summed E-state index contributed by atoms with van der Waals surface area (Å²) in [6, 6.07) is 8.81. The van der Waals surface area contributed by atoms with E-state index < -0.39 is 17.9 Å². The van der Waals surface area contributed by atoms with Crippen LogP contribution in [0.15, 0.2) is 30.3 Å². The number of esters is 1. The molecular weight excluding hydrogens is 321 g/mol. The Kier molecular flexibility index (Phi) is 3.97. The van der Waals surface area contributed by atoms with E-state index in [1.807, 2.05) is 24.3 Å². The van der Waals surface area contributed by atoms with Gasteiger partial charge in [-0.2, -0.15) is 4.39 Å². The number of carbonyl (C=O) groups excluding carboxylic acids is 1. The maximum Gasteiger partial charge on any atom is 0.351 e. The fraction of sp³-hybridized carbons (Fsp3) is 0.100. The molecule has 96 valence electrons. The molecule has 1 heterocycles. The standard InChI is InChI=1S/C10H6Cl2FO3PS/c11-17(12,15)10(13)16-9(14)8-5-6-3-1-2-4-7(6)18-8/h1-5,10H. The van der Waals surface area contributed by atoms with Gasteiger partial charge in [0.15, 0.2) is 0 Å². The van der Waals surface area contributed by atoms with Gasteiger partial charge in [-0.1, -0.05) is 18.2 Å². The second-order valence-corrected chi connectivity index (χ2v) is 9.38. The van der Waals surface area contributed by atoms with Crippen molar-refractivity contribution in [2.75, 3.05) is 0 Å². The Bertz CT molecular complexity index is 606. The smallest absolute Gasteiger partial charge is 0.351 e. The number of rotatable bonds is 3. The molecule has 0 saturated heterocycles. The summed E-state index contributed by atoms with van der Waals surface area (Å²) in [7, 11) is 0. The molecule has 0 aliphatic heterocycles.